The highest BCUT2D eigenvalue weighted by atomic mass is 79.9. The van der Waals surface area contributed by atoms with E-state index in [1.165, 1.54) is 5.56 Å². The molecule has 2 N–H and O–H groups in total. The van der Waals surface area contributed by atoms with Crippen LogP contribution in [0.4, 0.5) is 4.79 Å². The van der Waals surface area contributed by atoms with E-state index in [4.69, 9.17) is 4.74 Å². The van der Waals surface area contributed by atoms with E-state index >= 15 is 0 Å². The molecule has 0 fully saturated rings. The van der Waals surface area contributed by atoms with Crippen molar-refractivity contribution in [1.29, 1.82) is 0 Å². The molecule has 1 amide bonds. The Labute approximate surface area is 129 Å². The minimum Gasteiger partial charge on any atom is -0.444 e. The average Bonchev–Trinajstić information content (AvgIpc) is 2.33. The summed E-state index contributed by atoms with van der Waals surface area (Å²) in [6, 6.07) is 8.31. The molecule has 0 unspecified atom stereocenters. The highest BCUT2D eigenvalue weighted by molar-refractivity contribution is 9.10. The van der Waals surface area contributed by atoms with Crippen LogP contribution in [0.5, 0.6) is 0 Å². The number of rotatable bonds is 5. The highest BCUT2D eigenvalue weighted by Crippen LogP contribution is 2.22. The quantitative estimate of drug-likeness (QED) is 0.803. The number of nitrogens with one attached hydrogen (secondary N) is 2. The van der Waals surface area contributed by atoms with Gasteiger partial charge in [-0.2, -0.15) is 0 Å². The van der Waals surface area contributed by atoms with E-state index in [2.05, 4.69) is 39.6 Å². The van der Waals surface area contributed by atoms with Gasteiger partial charge in [-0.25, -0.2) is 4.79 Å². The Kier molecular flexibility index (Phi) is 6.49. The molecule has 0 saturated carbocycles. The number of ether oxygens (including phenoxy) is 1. The van der Waals surface area contributed by atoms with Gasteiger partial charge in [0, 0.05) is 23.6 Å². The summed E-state index contributed by atoms with van der Waals surface area (Å²) in [4.78, 5) is 11.5. The van der Waals surface area contributed by atoms with Gasteiger partial charge in [0.1, 0.15) is 5.60 Å². The first kappa shape index (κ1) is 17.0. The number of carbonyl (C=O) groups excluding carboxylic acids is 1. The zero-order valence-electron chi connectivity index (χ0n) is 12.5. The molecule has 5 heteroatoms. The lowest BCUT2D eigenvalue weighted by atomic mass is 10.1. The van der Waals surface area contributed by atoms with Gasteiger partial charge in [-0.05, 0) is 39.3 Å². The largest absolute Gasteiger partial charge is 0.444 e. The van der Waals surface area contributed by atoms with E-state index in [1.54, 1.807) is 0 Å². The summed E-state index contributed by atoms with van der Waals surface area (Å²) < 4.78 is 6.25. The average molecular weight is 343 g/mol. The standard InChI is InChI=1S/C15H23BrN2O2/c1-11(12-7-5-6-8-13(12)16)17-9-10-18-14(19)20-15(2,3)4/h5-8,11,17H,9-10H2,1-4H3,(H,18,19)/t11-/m1/s1. The third-order valence-electron chi connectivity index (χ3n) is 2.62. The second kappa shape index (κ2) is 7.64. The van der Waals surface area contributed by atoms with Crippen LogP contribution in [-0.4, -0.2) is 24.8 Å². The fourth-order valence-electron chi connectivity index (χ4n) is 1.70. The Bertz CT molecular complexity index is 444. The van der Waals surface area contributed by atoms with Crippen LogP contribution in [0.25, 0.3) is 0 Å². The van der Waals surface area contributed by atoms with Crippen molar-refractivity contribution in [3.8, 4) is 0 Å². The molecule has 0 spiro atoms. The summed E-state index contributed by atoms with van der Waals surface area (Å²) in [6.45, 7) is 8.85. The third-order valence-corrected chi connectivity index (χ3v) is 3.34. The maximum Gasteiger partial charge on any atom is 0.407 e. The molecule has 0 aliphatic rings. The summed E-state index contributed by atoms with van der Waals surface area (Å²) in [5.74, 6) is 0. The molecule has 0 heterocycles. The summed E-state index contributed by atoms with van der Waals surface area (Å²) in [5, 5.41) is 6.08. The van der Waals surface area contributed by atoms with Crippen molar-refractivity contribution < 1.29 is 9.53 Å². The van der Waals surface area contributed by atoms with Crippen LogP contribution in [0.3, 0.4) is 0 Å². The van der Waals surface area contributed by atoms with E-state index in [1.807, 2.05) is 39.0 Å². The lowest BCUT2D eigenvalue weighted by molar-refractivity contribution is 0.0528. The molecule has 0 saturated heterocycles. The zero-order chi connectivity index (χ0) is 15.2. The molecule has 4 nitrogen and oxygen atoms in total. The van der Waals surface area contributed by atoms with Crippen LogP contribution in [0.2, 0.25) is 0 Å². The smallest absolute Gasteiger partial charge is 0.407 e. The first-order valence-electron chi connectivity index (χ1n) is 6.74. The molecule has 1 rings (SSSR count). The number of benzene rings is 1. The summed E-state index contributed by atoms with van der Waals surface area (Å²) in [5.41, 5.74) is 0.740. The van der Waals surface area contributed by atoms with Crippen molar-refractivity contribution >= 4 is 22.0 Å². The van der Waals surface area contributed by atoms with Crippen LogP contribution in [0.1, 0.15) is 39.3 Å². The SMILES string of the molecule is C[C@@H](NCCNC(=O)OC(C)(C)C)c1ccccc1Br. The Morgan fingerprint density at radius 1 is 1.30 bits per heavy atom. The van der Waals surface area contributed by atoms with Gasteiger partial charge in [0.2, 0.25) is 0 Å². The van der Waals surface area contributed by atoms with Crippen LogP contribution in [0.15, 0.2) is 28.7 Å². The number of halogens is 1. The van der Waals surface area contributed by atoms with E-state index in [0.29, 0.717) is 13.1 Å². The Hall–Kier alpha value is -1.07. The van der Waals surface area contributed by atoms with Gasteiger partial charge in [0.15, 0.2) is 0 Å². The van der Waals surface area contributed by atoms with Crippen LogP contribution in [-0.2, 0) is 4.74 Å². The number of hydrogen-bond donors (Lipinski definition) is 2. The molecular weight excluding hydrogens is 320 g/mol. The molecule has 0 bridgehead atoms. The maximum atomic E-state index is 11.5. The molecule has 0 radical (unpaired) electrons. The molecule has 1 atom stereocenters. The van der Waals surface area contributed by atoms with Crippen molar-refractivity contribution in [3.63, 3.8) is 0 Å². The molecule has 0 aliphatic heterocycles. The second-order valence-electron chi connectivity index (χ2n) is 5.63. The van der Waals surface area contributed by atoms with Gasteiger partial charge in [-0.15, -0.1) is 0 Å². The first-order valence-corrected chi connectivity index (χ1v) is 7.53. The second-order valence-corrected chi connectivity index (χ2v) is 6.48. The summed E-state index contributed by atoms with van der Waals surface area (Å²) >= 11 is 3.53. The molecule has 0 aliphatic carbocycles. The number of hydrogen-bond acceptors (Lipinski definition) is 3. The Morgan fingerprint density at radius 2 is 1.95 bits per heavy atom. The van der Waals surface area contributed by atoms with Crippen LogP contribution < -0.4 is 10.6 Å². The van der Waals surface area contributed by atoms with E-state index in [-0.39, 0.29) is 12.1 Å². The monoisotopic (exact) mass is 342 g/mol. The minimum absolute atomic E-state index is 0.214. The van der Waals surface area contributed by atoms with Gasteiger partial charge in [0.05, 0.1) is 0 Å². The van der Waals surface area contributed by atoms with E-state index < -0.39 is 5.60 Å². The van der Waals surface area contributed by atoms with Crippen LogP contribution >= 0.6 is 15.9 Å². The van der Waals surface area contributed by atoms with Gasteiger partial charge < -0.3 is 15.4 Å². The Morgan fingerprint density at radius 3 is 2.55 bits per heavy atom. The highest BCUT2D eigenvalue weighted by Gasteiger charge is 2.15. The van der Waals surface area contributed by atoms with Gasteiger partial charge in [0.25, 0.3) is 0 Å². The predicted octanol–water partition coefficient (Wildman–Crippen LogP) is 3.62. The number of alkyl carbamates (subject to hydrolysis) is 1. The Balaban J connectivity index is 2.28. The lowest BCUT2D eigenvalue weighted by Crippen LogP contribution is -2.36. The summed E-state index contributed by atoms with van der Waals surface area (Å²) in [6.07, 6.45) is -0.382. The van der Waals surface area contributed by atoms with Crippen molar-refractivity contribution in [3.05, 3.63) is 34.3 Å². The fourth-order valence-corrected chi connectivity index (χ4v) is 2.33. The van der Waals surface area contributed by atoms with Crippen molar-refractivity contribution in [2.24, 2.45) is 0 Å². The van der Waals surface area contributed by atoms with E-state index in [0.717, 1.165) is 4.47 Å². The van der Waals surface area contributed by atoms with Gasteiger partial charge in [-0.1, -0.05) is 34.1 Å². The summed E-state index contributed by atoms with van der Waals surface area (Å²) in [7, 11) is 0. The zero-order valence-corrected chi connectivity index (χ0v) is 14.1. The van der Waals surface area contributed by atoms with Gasteiger partial charge >= 0.3 is 6.09 Å². The number of carbonyl (C=O) groups is 1. The predicted molar refractivity (Wildman–Crippen MR) is 84.8 cm³/mol. The van der Waals surface area contributed by atoms with Crippen molar-refractivity contribution in [2.45, 2.75) is 39.3 Å². The first-order chi connectivity index (χ1) is 9.29. The maximum absolute atomic E-state index is 11.5. The molecule has 112 valence electrons. The topological polar surface area (TPSA) is 50.4 Å². The third kappa shape index (κ3) is 6.39. The molecule has 1 aromatic carbocycles. The lowest BCUT2D eigenvalue weighted by Gasteiger charge is -2.20. The van der Waals surface area contributed by atoms with E-state index in [9.17, 15) is 4.79 Å². The molecule has 0 aromatic heterocycles. The van der Waals surface area contributed by atoms with Crippen molar-refractivity contribution in [1.82, 2.24) is 10.6 Å². The van der Waals surface area contributed by atoms with Gasteiger partial charge in [-0.3, -0.25) is 0 Å². The minimum atomic E-state index is -0.459. The normalized spacial score (nSPS) is 12.8. The molecular formula is C15H23BrN2O2. The number of amides is 1. The fraction of sp³-hybridized carbons (Fsp3) is 0.533. The van der Waals surface area contributed by atoms with Crippen LogP contribution in [0, 0.1) is 0 Å². The van der Waals surface area contributed by atoms with Crippen molar-refractivity contribution in [2.75, 3.05) is 13.1 Å². The molecule has 1 aromatic rings. The molecule has 20 heavy (non-hydrogen) atoms.